The van der Waals surface area contributed by atoms with Crippen molar-refractivity contribution in [1.29, 1.82) is 0 Å². The highest BCUT2D eigenvalue weighted by Crippen LogP contribution is 2.29. The number of ether oxygens (including phenoxy) is 2. The highest BCUT2D eigenvalue weighted by molar-refractivity contribution is 9.10. The minimum atomic E-state index is -3.86. The number of aryl methyl sites for hydroxylation is 1. The summed E-state index contributed by atoms with van der Waals surface area (Å²) in [5, 5.41) is 21.8. The lowest BCUT2D eigenvalue weighted by atomic mass is 9.85. The molecule has 310 valence electrons. The number of aromatic nitrogens is 2. The smallest absolute Gasteiger partial charge is 0.420 e. The van der Waals surface area contributed by atoms with Gasteiger partial charge < -0.3 is 40.7 Å². The lowest BCUT2D eigenvalue weighted by molar-refractivity contribution is -0.144. The second-order valence-corrected chi connectivity index (χ2v) is 16.7. The molecule has 5 rings (SSSR count). The number of aliphatic hydroxyl groups is 1. The van der Waals surface area contributed by atoms with Crippen LogP contribution in [0.3, 0.4) is 0 Å². The summed E-state index contributed by atoms with van der Waals surface area (Å²) in [4.78, 5) is 64.0. The summed E-state index contributed by atoms with van der Waals surface area (Å²) in [5.74, 6) is -1.71. The van der Waals surface area contributed by atoms with Crippen LogP contribution < -0.4 is 26.0 Å². The fourth-order valence-corrected chi connectivity index (χ4v) is 7.41. The molecule has 1 fully saturated rings. The van der Waals surface area contributed by atoms with Gasteiger partial charge in [0.1, 0.15) is 30.3 Å². The third-order valence-corrected chi connectivity index (χ3v) is 10.6. The zero-order valence-corrected chi connectivity index (χ0v) is 35.1. The van der Waals surface area contributed by atoms with Gasteiger partial charge in [-0.2, -0.15) is 0 Å². The SMILES string of the molecule is Cc1ncsc1-c1ccc(CNC(=O)[C@@H]2C[C@@H](O)CN2C(=O)C(NC(=O)COCCNc2ncc(C(=O)Nc3ccc(OC(F)(F)Cl)cc3)cc2Br)C(C)(C)C)cc1. The van der Waals surface area contributed by atoms with Gasteiger partial charge in [0.15, 0.2) is 0 Å². The van der Waals surface area contributed by atoms with Gasteiger partial charge in [-0.25, -0.2) is 9.97 Å². The van der Waals surface area contributed by atoms with E-state index in [1.54, 1.807) is 37.6 Å². The van der Waals surface area contributed by atoms with Gasteiger partial charge in [-0.1, -0.05) is 45.0 Å². The molecule has 2 aromatic heterocycles. The summed E-state index contributed by atoms with van der Waals surface area (Å²) in [6.07, 6.45) is 0.500. The fourth-order valence-electron chi connectivity index (χ4n) is 6.02. The molecule has 1 aliphatic heterocycles. The quantitative estimate of drug-likeness (QED) is 0.0667. The summed E-state index contributed by atoms with van der Waals surface area (Å²) in [6, 6.07) is 12.6. The maximum atomic E-state index is 13.9. The molecular weight excluding hydrogens is 864 g/mol. The Hall–Kier alpha value is -4.75. The predicted octanol–water partition coefficient (Wildman–Crippen LogP) is 5.93. The molecule has 1 aliphatic rings. The van der Waals surface area contributed by atoms with Crippen molar-refractivity contribution in [3.63, 3.8) is 0 Å². The number of benzene rings is 2. The Morgan fingerprint density at radius 3 is 2.41 bits per heavy atom. The number of nitrogens with one attached hydrogen (secondary N) is 4. The van der Waals surface area contributed by atoms with Gasteiger partial charge in [0.25, 0.3) is 5.91 Å². The van der Waals surface area contributed by atoms with E-state index in [-0.39, 0.29) is 50.6 Å². The molecule has 58 heavy (non-hydrogen) atoms. The average Bonchev–Trinajstić information content (AvgIpc) is 3.78. The molecule has 0 radical (unpaired) electrons. The first-order valence-electron chi connectivity index (χ1n) is 18.1. The fraction of sp³-hybridized carbons (Fsp3) is 0.385. The second kappa shape index (κ2) is 19.3. The highest BCUT2D eigenvalue weighted by atomic mass is 79.9. The van der Waals surface area contributed by atoms with E-state index in [0.29, 0.717) is 16.0 Å². The van der Waals surface area contributed by atoms with Crippen LogP contribution in [0.1, 0.15) is 48.8 Å². The maximum Gasteiger partial charge on any atom is 0.487 e. The number of carbonyl (C=O) groups excluding carboxylic acids is 4. The van der Waals surface area contributed by atoms with Crippen molar-refractivity contribution in [2.24, 2.45) is 5.41 Å². The summed E-state index contributed by atoms with van der Waals surface area (Å²) < 4.78 is 35.9. The van der Waals surface area contributed by atoms with Gasteiger partial charge in [0.05, 0.1) is 38.8 Å². The number of β-amino-alcohol motifs (C(OH)–C–C–N with tert-alkyl or cyclic N) is 1. The zero-order chi connectivity index (χ0) is 42.2. The highest BCUT2D eigenvalue weighted by Gasteiger charge is 2.44. The van der Waals surface area contributed by atoms with E-state index in [4.69, 9.17) is 16.3 Å². The Kier molecular flexibility index (Phi) is 14.8. The van der Waals surface area contributed by atoms with Crippen molar-refractivity contribution in [2.75, 3.05) is 36.9 Å². The number of nitrogens with zero attached hydrogens (tertiary/aromatic N) is 3. The number of likely N-dealkylation sites (tertiary alicyclic amines) is 1. The van der Waals surface area contributed by atoms with E-state index in [2.05, 4.69) is 51.9 Å². The van der Waals surface area contributed by atoms with Crippen LogP contribution in [-0.2, 0) is 25.7 Å². The normalized spacial score (nSPS) is 16.1. The molecule has 19 heteroatoms. The Balaban J connectivity index is 1.07. The van der Waals surface area contributed by atoms with Crippen LogP contribution in [0, 0.1) is 12.3 Å². The lowest BCUT2D eigenvalue weighted by Crippen LogP contribution is -2.58. The number of anilines is 2. The van der Waals surface area contributed by atoms with Crippen molar-refractivity contribution in [3.8, 4) is 16.2 Å². The van der Waals surface area contributed by atoms with Crippen molar-refractivity contribution < 1.29 is 42.5 Å². The molecule has 4 aromatic rings. The van der Waals surface area contributed by atoms with Gasteiger partial charge in [0.2, 0.25) is 17.7 Å². The maximum absolute atomic E-state index is 13.9. The molecule has 2 aromatic carbocycles. The van der Waals surface area contributed by atoms with E-state index in [9.17, 15) is 33.1 Å². The Morgan fingerprint density at radius 2 is 1.79 bits per heavy atom. The number of halogens is 4. The van der Waals surface area contributed by atoms with Crippen LogP contribution in [0.5, 0.6) is 5.75 Å². The van der Waals surface area contributed by atoms with E-state index in [0.717, 1.165) is 21.7 Å². The zero-order valence-electron chi connectivity index (χ0n) is 32.0. The van der Waals surface area contributed by atoms with Gasteiger partial charge >= 0.3 is 5.57 Å². The van der Waals surface area contributed by atoms with E-state index in [1.165, 1.54) is 41.4 Å². The van der Waals surface area contributed by atoms with Gasteiger partial charge in [0, 0.05) is 49.5 Å². The molecule has 0 spiro atoms. The minimum Gasteiger partial charge on any atom is -0.420 e. The predicted molar refractivity (Wildman–Crippen MR) is 219 cm³/mol. The summed E-state index contributed by atoms with van der Waals surface area (Å²) in [5.41, 5.74) is 0.575. The minimum absolute atomic E-state index is 0.0511. The summed E-state index contributed by atoms with van der Waals surface area (Å²) >= 11 is 9.70. The lowest BCUT2D eigenvalue weighted by Gasteiger charge is -2.35. The Bertz CT molecular complexity index is 2080. The van der Waals surface area contributed by atoms with Crippen LogP contribution in [0.25, 0.3) is 10.4 Å². The van der Waals surface area contributed by atoms with E-state index < -0.39 is 52.8 Å². The summed E-state index contributed by atoms with van der Waals surface area (Å²) in [6.45, 7) is 7.47. The third kappa shape index (κ3) is 12.4. The number of rotatable bonds is 16. The van der Waals surface area contributed by atoms with Crippen LogP contribution in [0.4, 0.5) is 20.3 Å². The van der Waals surface area contributed by atoms with Gasteiger partial charge in [-0.05, 0) is 69.7 Å². The van der Waals surface area contributed by atoms with Crippen LogP contribution in [-0.4, -0.2) is 93.7 Å². The second-order valence-electron chi connectivity index (χ2n) is 14.5. The number of pyridine rings is 1. The number of carbonyl (C=O) groups is 4. The molecule has 4 amide bonds. The molecule has 14 nitrogen and oxygen atoms in total. The largest absolute Gasteiger partial charge is 0.487 e. The standard InChI is InChI=1S/C39H43BrClF2N7O7S/c1-22-32(58-21-47-22)24-7-5-23(6-8-24)17-46-36(54)30-16-27(51)19-50(30)37(55)33(38(2,3)4)49-31(52)20-56-14-13-44-34-29(40)15-25(18-45-34)35(53)48-26-9-11-28(12-10-26)57-39(41,42)43/h5-12,15,18,21,27,30,33,51H,13-14,16-17,19-20H2,1-4H3,(H,44,45)(H,46,54)(H,48,53)(H,49,52)/t27-,30+,33?/m1/s1. The molecule has 1 saturated heterocycles. The number of thiazole rings is 1. The average molecular weight is 907 g/mol. The first kappa shape index (κ1) is 44.4. The van der Waals surface area contributed by atoms with Crippen LogP contribution >= 0.6 is 38.9 Å². The monoisotopic (exact) mass is 905 g/mol. The molecular formula is C39H43BrClF2N7O7S. The number of hydrogen-bond acceptors (Lipinski definition) is 11. The van der Waals surface area contributed by atoms with E-state index >= 15 is 0 Å². The van der Waals surface area contributed by atoms with Crippen molar-refractivity contribution in [3.05, 3.63) is 87.6 Å². The number of amides is 4. The number of aliphatic hydroxyl groups excluding tert-OH is 1. The van der Waals surface area contributed by atoms with Crippen LogP contribution in [0.2, 0.25) is 0 Å². The Morgan fingerprint density at radius 1 is 1.09 bits per heavy atom. The van der Waals surface area contributed by atoms with Crippen molar-refractivity contribution in [2.45, 2.75) is 64.4 Å². The molecule has 3 atom stereocenters. The van der Waals surface area contributed by atoms with Gasteiger partial charge in [-0.3, -0.25) is 19.2 Å². The Labute approximate surface area is 351 Å². The molecule has 0 aliphatic carbocycles. The summed E-state index contributed by atoms with van der Waals surface area (Å²) in [7, 11) is 0. The van der Waals surface area contributed by atoms with Crippen molar-refractivity contribution in [1.82, 2.24) is 25.5 Å². The van der Waals surface area contributed by atoms with Crippen LogP contribution in [0.15, 0.2) is 70.8 Å². The molecule has 5 N–H and O–H groups in total. The molecule has 3 heterocycles. The van der Waals surface area contributed by atoms with E-state index in [1.807, 2.05) is 31.2 Å². The first-order valence-corrected chi connectivity index (χ1v) is 20.1. The molecule has 0 saturated carbocycles. The molecule has 1 unspecified atom stereocenters. The number of alkyl halides is 3. The third-order valence-electron chi connectivity index (χ3n) is 8.93. The first-order chi connectivity index (χ1) is 27.4. The topological polar surface area (TPSA) is 184 Å². The van der Waals surface area contributed by atoms with Gasteiger partial charge in [-0.15, -0.1) is 20.1 Å². The number of hydrogen-bond donors (Lipinski definition) is 5. The molecule has 0 bridgehead atoms. The van der Waals surface area contributed by atoms with Crippen molar-refractivity contribution >= 4 is 74.0 Å².